The molecule has 0 rings (SSSR count). The van der Waals surface area contributed by atoms with Gasteiger partial charge in [-0.2, -0.15) is 0 Å². The van der Waals surface area contributed by atoms with Gasteiger partial charge in [-0.25, -0.2) is 0 Å². The van der Waals surface area contributed by atoms with E-state index < -0.39 is 0 Å². The summed E-state index contributed by atoms with van der Waals surface area (Å²) in [5, 5.41) is 0. The predicted molar refractivity (Wildman–Crippen MR) is 47.4 cm³/mol. The summed E-state index contributed by atoms with van der Waals surface area (Å²) in [6.45, 7) is 6.86. The van der Waals surface area contributed by atoms with Gasteiger partial charge in [-0.15, -0.1) is 0 Å². The molecule has 0 heterocycles. The molecule has 11 heavy (non-hydrogen) atoms. The summed E-state index contributed by atoms with van der Waals surface area (Å²) >= 11 is 0. The lowest BCUT2D eigenvalue weighted by Gasteiger charge is -2.19. The fraction of sp³-hybridized carbons (Fsp3) is 0.889. The van der Waals surface area contributed by atoms with Gasteiger partial charge in [-0.1, -0.05) is 20.3 Å². The first-order chi connectivity index (χ1) is 5.07. The quantitative estimate of drug-likeness (QED) is 0.610. The minimum absolute atomic E-state index is 0.160. The average molecular weight is 157 g/mol. The molecule has 0 spiro atoms. The lowest BCUT2D eigenvalue weighted by atomic mass is 10.1. The summed E-state index contributed by atoms with van der Waals surface area (Å²) in [7, 11) is 1.86. The van der Waals surface area contributed by atoms with Gasteiger partial charge in [0, 0.05) is 20.5 Å². The molecule has 66 valence electrons. The third-order valence-electron chi connectivity index (χ3n) is 1.90. The van der Waals surface area contributed by atoms with Crippen molar-refractivity contribution in [3.05, 3.63) is 0 Å². The van der Waals surface area contributed by atoms with Gasteiger partial charge >= 0.3 is 0 Å². The van der Waals surface area contributed by atoms with E-state index in [0.717, 1.165) is 6.54 Å². The van der Waals surface area contributed by atoms with Crippen molar-refractivity contribution in [2.75, 3.05) is 13.6 Å². The van der Waals surface area contributed by atoms with E-state index in [-0.39, 0.29) is 5.91 Å². The number of hydrogen-bond acceptors (Lipinski definition) is 1. The summed E-state index contributed by atoms with van der Waals surface area (Å²) in [4.78, 5) is 12.6. The van der Waals surface area contributed by atoms with Crippen LogP contribution in [0.1, 0.15) is 33.6 Å². The van der Waals surface area contributed by atoms with Gasteiger partial charge in [0.25, 0.3) is 0 Å². The summed E-state index contributed by atoms with van der Waals surface area (Å²) in [5.74, 6) is 0.793. The third kappa shape index (κ3) is 4.82. The summed E-state index contributed by atoms with van der Waals surface area (Å²) in [6.07, 6.45) is 2.41. The molecular formula is C9H19NO. The molecule has 1 unspecified atom stereocenters. The highest BCUT2D eigenvalue weighted by Crippen LogP contribution is 2.05. The van der Waals surface area contributed by atoms with E-state index >= 15 is 0 Å². The molecular weight excluding hydrogens is 138 g/mol. The topological polar surface area (TPSA) is 20.3 Å². The maximum atomic E-state index is 10.8. The number of carbonyl (C=O) groups excluding carboxylic acids is 1. The van der Waals surface area contributed by atoms with E-state index in [2.05, 4.69) is 13.8 Å². The molecule has 0 aromatic carbocycles. The normalized spacial score (nSPS) is 12.7. The van der Waals surface area contributed by atoms with E-state index in [1.54, 1.807) is 11.8 Å². The Hall–Kier alpha value is -0.530. The van der Waals surface area contributed by atoms with Crippen molar-refractivity contribution in [3.8, 4) is 0 Å². The summed E-state index contributed by atoms with van der Waals surface area (Å²) in [6, 6.07) is 0. The highest BCUT2D eigenvalue weighted by atomic mass is 16.2. The minimum Gasteiger partial charge on any atom is -0.346 e. The van der Waals surface area contributed by atoms with Crippen molar-refractivity contribution < 1.29 is 4.79 Å². The molecule has 0 aliphatic rings. The second-order valence-electron chi connectivity index (χ2n) is 3.29. The van der Waals surface area contributed by atoms with Crippen LogP contribution in [0.5, 0.6) is 0 Å². The van der Waals surface area contributed by atoms with E-state index in [9.17, 15) is 4.79 Å². The van der Waals surface area contributed by atoms with Gasteiger partial charge in [0.15, 0.2) is 0 Å². The van der Waals surface area contributed by atoms with Crippen LogP contribution in [0.2, 0.25) is 0 Å². The molecule has 0 N–H and O–H groups in total. The fourth-order valence-electron chi connectivity index (χ4n) is 1.18. The van der Waals surface area contributed by atoms with Crippen LogP contribution in [0.3, 0.4) is 0 Å². The van der Waals surface area contributed by atoms with Crippen LogP contribution in [0.4, 0.5) is 0 Å². The van der Waals surface area contributed by atoms with E-state index in [0.29, 0.717) is 5.92 Å². The molecule has 2 nitrogen and oxygen atoms in total. The fourth-order valence-corrected chi connectivity index (χ4v) is 1.18. The third-order valence-corrected chi connectivity index (χ3v) is 1.90. The molecule has 1 amide bonds. The SMILES string of the molecule is CCCC(C)CN(C)C(C)=O. The first kappa shape index (κ1) is 10.5. The Bertz CT molecular complexity index is 123. The highest BCUT2D eigenvalue weighted by molar-refractivity contribution is 5.72. The lowest BCUT2D eigenvalue weighted by Crippen LogP contribution is -2.28. The molecule has 0 aromatic heterocycles. The van der Waals surface area contributed by atoms with Crippen LogP contribution < -0.4 is 0 Å². The zero-order valence-corrected chi connectivity index (χ0v) is 8.05. The number of amides is 1. The van der Waals surface area contributed by atoms with Gasteiger partial charge in [0.05, 0.1) is 0 Å². The molecule has 0 bridgehead atoms. The average Bonchev–Trinajstić information content (AvgIpc) is 1.87. The molecule has 0 aromatic rings. The van der Waals surface area contributed by atoms with Crippen molar-refractivity contribution in [1.82, 2.24) is 4.90 Å². The Morgan fingerprint density at radius 3 is 2.45 bits per heavy atom. The number of hydrogen-bond donors (Lipinski definition) is 0. The minimum atomic E-state index is 0.160. The van der Waals surface area contributed by atoms with E-state index in [1.807, 2.05) is 7.05 Å². The Labute approximate surface area is 69.6 Å². The predicted octanol–water partition coefficient (Wildman–Crippen LogP) is 1.90. The Morgan fingerprint density at radius 2 is 2.09 bits per heavy atom. The van der Waals surface area contributed by atoms with Crippen LogP contribution in [-0.4, -0.2) is 24.4 Å². The number of rotatable bonds is 4. The Kier molecular flexibility index (Phi) is 4.92. The van der Waals surface area contributed by atoms with E-state index in [1.165, 1.54) is 12.8 Å². The molecule has 1 atom stereocenters. The summed E-state index contributed by atoms with van der Waals surface area (Å²) < 4.78 is 0. The maximum Gasteiger partial charge on any atom is 0.219 e. The van der Waals surface area contributed by atoms with Crippen LogP contribution in [0, 0.1) is 5.92 Å². The maximum absolute atomic E-state index is 10.8. The molecule has 0 aliphatic carbocycles. The molecule has 0 fully saturated rings. The van der Waals surface area contributed by atoms with E-state index in [4.69, 9.17) is 0 Å². The van der Waals surface area contributed by atoms with Crippen LogP contribution in [0.25, 0.3) is 0 Å². The van der Waals surface area contributed by atoms with Gasteiger partial charge in [-0.05, 0) is 12.3 Å². The van der Waals surface area contributed by atoms with Gasteiger partial charge in [-0.3, -0.25) is 4.79 Å². The molecule has 0 saturated heterocycles. The highest BCUT2D eigenvalue weighted by Gasteiger charge is 2.06. The lowest BCUT2D eigenvalue weighted by molar-refractivity contribution is -0.128. The molecule has 0 radical (unpaired) electrons. The second kappa shape index (κ2) is 5.16. The number of nitrogens with zero attached hydrogens (tertiary/aromatic N) is 1. The summed E-state index contributed by atoms with van der Waals surface area (Å²) in [5.41, 5.74) is 0. The number of carbonyl (C=O) groups is 1. The molecule has 0 saturated carbocycles. The zero-order valence-electron chi connectivity index (χ0n) is 8.05. The van der Waals surface area contributed by atoms with Crippen molar-refractivity contribution in [2.45, 2.75) is 33.6 Å². The largest absolute Gasteiger partial charge is 0.346 e. The molecule has 2 heteroatoms. The monoisotopic (exact) mass is 157 g/mol. The van der Waals surface area contributed by atoms with Crippen molar-refractivity contribution >= 4 is 5.91 Å². The van der Waals surface area contributed by atoms with Crippen molar-refractivity contribution in [1.29, 1.82) is 0 Å². The first-order valence-corrected chi connectivity index (χ1v) is 4.29. The van der Waals surface area contributed by atoms with Crippen LogP contribution in [-0.2, 0) is 4.79 Å². The van der Waals surface area contributed by atoms with Gasteiger partial charge < -0.3 is 4.90 Å². The van der Waals surface area contributed by atoms with Crippen LogP contribution in [0.15, 0.2) is 0 Å². The molecule has 0 aliphatic heterocycles. The Morgan fingerprint density at radius 1 is 1.55 bits per heavy atom. The van der Waals surface area contributed by atoms with Gasteiger partial charge in [0.1, 0.15) is 0 Å². The zero-order chi connectivity index (χ0) is 8.85. The first-order valence-electron chi connectivity index (χ1n) is 4.29. The smallest absolute Gasteiger partial charge is 0.219 e. The standard InChI is InChI=1S/C9H19NO/c1-5-6-8(2)7-10(4)9(3)11/h8H,5-7H2,1-4H3. The van der Waals surface area contributed by atoms with Crippen molar-refractivity contribution in [3.63, 3.8) is 0 Å². The van der Waals surface area contributed by atoms with Crippen LogP contribution >= 0.6 is 0 Å². The van der Waals surface area contributed by atoms with Crippen molar-refractivity contribution in [2.24, 2.45) is 5.92 Å². The Balaban J connectivity index is 3.56. The van der Waals surface area contributed by atoms with Gasteiger partial charge in [0.2, 0.25) is 5.91 Å². The second-order valence-corrected chi connectivity index (χ2v) is 3.29.